The minimum absolute atomic E-state index is 0.228. The van der Waals surface area contributed by atoms with Crippen LogP contribution in [-0.4, -0.2) is 10.5 Å². The van der Waals surface area contributed by atoms with Crippen molar-refractivity contribution in [3.63, 3.8) is 0 Å². The van der Waals surface area contributed by atoms with Gasteiger partial charge in [-0.2, -0.15) is 0 Å². The Hall–Kier alpha value is -4.38. The standard InChI is InChI=1S/C31H25FN2O2/c1-20-28(17-25-18-29(32)27-11-4-5-12-30(27)34(20)25)31(35)33-24-9-6-10-26(16-24)36-19-21-13-14-22-7-2-3-8-23(22)15-21/h2-17,29H,18-19H2,1H3,(H,33,35). The van der Waals surface area contributed by atoms with Crippen LogP contribution >= 0.6 is 0 Å². The molecule has 178 valence electrons. The number of ether oxygens (including phenoxy) is 1. The van der Waals surface area contributed by atoms with Crippen molar-refractivity contribution in [2.24, 2.45) is 0 Å². The second-order valence-corrected chi connectivity index (χ2v) is 9.15. The monoisotopic (exact) mass is 476 g/mol. The number of nitrogens with zero attached hydrogens (tertiary/aromatic N) is 1. The topological polar surface area (TPSA) is 43.3 Å². The van der Waals surface area contributed by atoms with Gasteiger partial charge in [0.1, 0.15) is 18.5 Å². The lowest BCUT2D eigenvalue weighted by Crippen LogP contribution is -2.16. The molecule has 36 heavy (non-hydrogen) atoms. The number of aromatic nitrogens is 1. The van der Waals surface area contributed by atoms with Crippen molar-refractivity contribution in [1.29, 1.82) is 0 Å². The summed E-state index contributed by atoms with van der Waals surface area (Å²) in [4.78, 5) is 13.2. The summed E-state index contributed by atoms with van der Waals surface area (Å²) < 4.78 is 22.7. The van der Waals surface area contributed by atoms with E-state index in [2.05, 4.69) is 35.6 Å². The van der Waals surface area contributed by atoms with Crippen LogP contribution in [-0.2, 0) is 13.0 Å². The smallest absolute Gasteiger partial charge is 0.257 e. The van der Waals surface area contributed by atoms with Crippen LogP contribution in [0.1, 0.15) is 39.0 Å². The third-order valence-electron chi connectivity index (χ3n) is 6.78. The molecular weight excluding hydrogens is 451 g/mol. The van der Waals surface area contributed by atoms with Crippen LogP contribution in [0.3, 0.4) is 0 Å². The highest BCUT2D eigenvalue weighted by Crippen LogP contribution is 2.37. The summed E-state index contributed by atoms with van der Waals surface area (Å²) in [7, 11) is 0. The number of halogens is 1. The van der Waals surface area contributed by atoms with E-state index in [1.807, 2.05) is 72.2 Å². The lowest BCUT2D eigenvalue weighted by atomic mass is 10.00. The van der Waals surface area contributed by atoms with Crippen LogP contribution in [0.25, 0.3) is 16.5 Å². The molecule has 6 rings (SSSR count). The SMILES string of the molecule is Cc1c(C(=O)Nc2cccc(OCc3ccc4ccccc4c3)c2)cc2n1-c1ccccc1C(F)C2. The summed E-state index contributed by atoms with van der Waals surface area (Å²) in [6.45, 7) is 2.33. The fourth-order valence-corrected chi connectivity index (χ4v) is 4.99. The van der Waals surface area contributed by atoms with Crippen molar-refractivity contribution >= 4 is 22.4 Å². The third kappa shape index (κ3) is 4.03. The summed E-state index contributed by atoms with van der Waals surface area (Å²) in [6.07, 6.45) is -0.821. The van der Waals surface area contributed by atoms with Gasteiger partial charge in [0.15, 0.2) is 0 Å². The molecule has 0 spiro atoms. The predicted octanol–water partition coefficient (Wildman–Crippen LogP) is 7.34. The normalized spacial score (nSPS) is 14.2. The Balaban J connectivity index is 1.19. The number of benzene rings is 4. The number of fused-ring (bicyclic) bond motifs is 4. The number of anilines is 1. The summed E-state index contributed by atoms with van der Waals surface area (Å²) in [5, 5.41) is 5.35. The zero-order valence-corrected chi connectivity index (χ0v) is 19.9. The van der Waals surface area contributed by atoms with E-state index in [1.165, 1.54) is 10.8 Å². The van der Waals surface area contributed by atoms with Crippen molar-refractivity contribution in [2.45, 2.75) is 26.1 Å². The molecule has 0 saturated heterocycles. The highest BCUT2D eigenvalue weighted by molar-refractivity contribution is 6.05. The van der Waals surface area contributed by atoms with Crippen molar-refractivity contribution in [2.75, 3.05) is 5.32 Å². The van der Waals surface area contributed by atoms with E-state index < -0.39 is 6.17 Å². The Morgan fingerprint density at radius 3 is 2.64 bits per heavy atom. The Morgan fingerprint density at radius 1 is 0.944 bits per heavy atom. The van der Waals surface area contributed by atoms with E-state index in [4.69, 9.17) is 4.74 Å². The Labute approximate surface area is 209 Å². The van der Waals surface area contributed by atoms with E-state index in [-0.39, 0.29) is 12.3 Å². The Bertz CT molecular complexity index is 1600. The van der Waals surface area contributed by atoms with Gasteiger partial charge in [-0.25, -0.2) is 4.39 Å². The maximum atomic E-state index is 14.7. The molecule has 1 N–H and O–H groups in total. The van der Waals surface area contributed by atoms with Gasteiger partial charge in [-0.15, -0.1) is 0 Å². The average Bonchev–Trinajstić information content (AvgIpc) is 3.24. The first-order chi connectivity index (χ1) is 17.6. The summed E-state index contributed by atoms with van der Waals surface area (Å²) in [6, 6.07) is 31.1. The van der Waals surface area contributed by atoms with E-state index in [9.17, 15) is 9.18 Å². The average molecular weight is 477 g/mol. The second-order valence-electron chi connectivity index (χ2n) is 9.15. The lowest BCUT2D eigenvalue weighted by molar-refractivity contribution is 0.102. The highest BCUT2D eigenvalue weighted by Gasteiger charge is 2.28. The molecule has 2 heterocycles. The van der Waals surface area contributed by atoms with E-state index >= 15 is 0 Å². The molecule has 1 aromatic heterocycles. The van der Waals surface area contributed by atoms with E-state index in [0.29, 0.717) is 29.2 Å². The van der Waals surface area contributed by atoms with E-state index in [1.54, 1.807) is 6.07 Å². The predicted molar refractivity (Wildman–Crippen MR) is 141 cm³/mol. The quantitative estimate of drug-likeness (QED) is 0.288. The van der Waals surface area contributed by atoms with Gasteiger partial charge in [-0.05, 0) is 53.6 Å². The number of rotatable bonds is 5. The fraction of sp³-hybridized carbons (Fsp3) is 0.129. The molecule has 0 saturated carbocycles. The van der Waals surface area contributed by atoms with Gasteiger partial charge in [-0.1, -0.05) is 60.7 Å². The maximum Gasteiger partial charge on any atom is 0.257 e. The van der Waals surface area contributed by atoms with Gasteiger partial charge in [-0.3, -0.25) is 4.79 Å². The molecule has 1 aliphatic heterocycles. The molecule has 1 unspecified atom stereocenters. The molecule has 0 fully saturated rings. The highest BCUT2D eigenvalue weighted by atomic mass is 19.1. The molecular formula is C31H25FN2O2. The maximum absolute atomic E-state index is 14.7. The second kappa shape index (κ2) is 9.00. The van der Waals surface area contributed by atoms with Crippen LogP contribution < -0.4 is 10.1 Å². The number of carbonyl (C=O) groups excluding carboxylic acids is 1. The van der Waals surface area contributed by atoms with Crippen molar-refractivity contribution < 1.29 is 13.9 Å². The van der Waals surface area contributed by atoms with Crippen LogP contribution in [0.4, 0.5) is 10.1 Å². The first-order valence-electron chi connectivity index (χ1n) is 12.0. The van der Waals surface area contributed by atoms with Crippen molar-refractivity contribution in [3.8, 4) is 11.4 Å². The van der Waals surface area contributed by atoms with Gasteiger partial charge >= 0.3 is 0 Å². The first kappa shape index (κ1) is 22.1. The number of para-hydroxylation sites is 1. The summed E-state index contributed by atoms with van der Waals surface area (Å²) in [5.74, 6) is 0.442. The van der Waals surface area contributed by atoms with Crippen LogP contribution in [0.5, 0.6) is 5.75 Å². The lowest BCUT2D eigenvalue weighted by Gasteiger charge is -2.23. The molecule has 1 atom stereocenters. The van der Waals surface area contributed by atoms with E-state index in [0.717, 1.165) is 22.6 Å². The number of nitrogens with one attached hydrogen (secondary N) is 1. The molecule has 1 amide bonds. The number of amides is 1. The number of carbonyl (C=O) groups is 1. The fourth-order valence-electron chi connectivity index (χ4n) is 4.99. The molecule has 0 aliphatic carbocycles. The summed E-state index contributed by atoms with van der Waals surface area (Å²) in [5.41, 5.74) is 5.31. The largest absolute Gasteiger partial charge is 0.489 e. The molecule has 4 nitrogen and oxygen atoms in total. The van der Waals surface area contributed by atoms with Crippen molar-refractivity contribution in [3.05, 3.63) is 125 Å². The number of alkyl halides is 1. The minimum Gasteiger partial charge on any atom is -0.489 e. The molecule has 1 aliphatic rings. The van der Waals surface area contributed by atoms with Gasteiger partial charge in [0, 0.05) is 35.1 Å². The van der Waals surface area contributed by atoms with Crippen molar-refractivity contribution in [1.82, 2.24) is 4.57 Å². The van der Waals surface area contributed by atoms with Gasteiger partial charge in [0.2, 0.25) is 0 Å². The molecule has 5 heteroatoms. The van der Waals surface area contributed by atoms with Gasteiger partial charge in [0.05, 0.1) is 11.3 Å². The zero-order valence-electron chi connectivity index (χ0n) is 19.9. The molecule has 5 aromatic rings. The minimum atomic E-state index is -1.07. The molecule has 0 radical (unpaired) electrons. The van der Waals surface area contributed by atoms with Crippen LogP contribution in [0, 0.1) is 6.92 Å². The molecule has 4 aromatic carbocycles. The first-order valence-corrected chi connectivity index (χ1v) is 12.0. The van der Waals surface area contributed by atoms with Crippen LogP contribution in [0.2, 0.25) is 0 Å². The van der Waals surface area contributed by atoms with Crippen LogP contribution in [0.15, 0.2) is 97.1 Å². The Morgan fingerprint density at radius 2 is 1.75 bits per heavy atom. The zero-order chi connectivity index (χ0) is 24.6. The third-order valence-corrected chi connectivity index (χ3v) is 6.78. The number of hydrogen-bond donors (Lipinski definition) is 1. The number of hydrogen-bond acceptors (Lipinski definition) is 2. The van der Waals surface area contributed by atoms with Gasteiger partial charge < -0.3 is 14.6 Å². The molecule has 0 bridgehead atoms. The Kier molecular flexibility index (Phi) is 5.53. The summed E-state index contributed by atoms with van der Waals surface area (Å²) >= 11 is 0. The van der Waals surface area contributed by atoms with Gasteiger partial charge in [0.25, 0.3) is 5.91 Å².